The molecule has 0 bridgehead atoms. The fourth-order valence-corrected chi connectivity index (χ4v) is 2.74. The summed E-state index contributed by atoms with van der Waals surface area (Å²) in [7, 11) is 0. The van der Waals surface area contributed by atoms with E-state index in [1.165, 1.54) is 0 Å². The van der Waals surface area contributed by atoms with Gasteiger partial charge in [0.25, 0.3) is 0 Å². The second kappa shape index (κ2) is 7.03. The lowest BCUT2D eigenvalue weighted by Crippen LogP contribution is -2.31. The Morgan fingerprint density at radius 2 is 1.86 bits per heavy atom. The van der Waals surface area contributed by atoms with E-state index in [1.54, 1.807) is 12.1 Å². The minimum Gasteiger partial charge on any atom is -0.331 e. The zero-order valence-corrected chi connectivity index (χ0v) is 14.2. The third-order valence-electron chi connectivity index (χ3n) is 3.63. The van der Waals surface area contributed by atoms with Gasteiger partial charge in [-0.1, -0.05) is 41.4 Å². The van der Waals surface area contributed by atoms with Gasteiger partial charge in [0.1, 0.15) is 0 Å². The van der Waals surface area contributed by atoms with Crippen LogP contribution in [0.1, 0.15) is 29.7 Å². The molecule has 0 radical (unpaired) electrons. The van der Waals surface area contributed by atoms with Crippen molar-refractivity contribution in [3.05, 3.63) is 63.1 Å². The molecule has 0 aliphatic rings. The van der Waals surface area contributed by atoms with Crippen LogP contribution >= 0.6 is 23.2 Å². The van der Waals surface area contributed by atoms with Crippen LogP contribution < -0.4 is 10.6 Å². The average molecular weight is 337 g/mol. The SMILES string of the molecule is Cc1cccc(NC(=O)N[C@H](C)c2ccc(Cl)cc2Cl)c1C. The lowest BCUT2D eigenvalue weighted by molar-refractivity contribution is 0.249. The molecule has 0 spiro atoms. The van der Waals surface area contributed by atoms with Gasteiger partial charge in [-0.15, -0.1) is 0 Å². The van der Waals surface area contributed by atoms with Crippen LogP contribution in [0.4, 0.5) is 10.5 Å². The van der Waals surface area contributed by atoms with E-state index < -0.39 is 0 Å². The van der Waals surface area contributed by atoms with Crippen LogP contribution in [-0.4, -0.2) is 6.03 Å². The molecule has 0 aliphatic heterocycles. The Kier molecular flexibility index (Phi) is 5.33. The summed E-state index contributed by atoms with van der Waals surface area (Å²) in [5.41, 5.74) is 3.80. The fourth-order valence-electron chi connectivity index (χ4n) is 2.17. The number of amides is 2. The molecule has 2 aromatic rings. The zero-order chi connectivity index (χ0) is 16.3. The molecule has 2 aromatic carbocycles. The highest BCUT2D eigenvalue weighted by molar-refractivity contribution is 6.35. The number of rotatable bonds is 3. The highest BCUT2D eigenvalue weighted by Crippen LogP contribution is 2.26. The molecule has 116 valence electrons. The third-order valence-corrected chi connectivity index (χ3v) is 4.19. The van der Waals surface area contributed by atoms with Gasteiger partial charge >= 0.3 is 6.03 Å². The summed E-state index contributed by atoms with van der Waals surface area (Å²) in [4.78, 5) is 12.1. The van der Waals surface area contributed by atoms with Gasteiger partial charge in [0, 0.05) is 15.7 Å². The summed E-state index contributed by atoms with van der Waals surface area (Å²) in [5.74, 6) is 0. The zero-order valence-electron chi connectivity index (χ0n) is 12.7. The number of nitrogens with one attached hydrogen (secondary N) is 2. The van der Waals surface area contributed by atoms with Crippen molar-refractivity contribution in [2.45, 2.75) is 26.8 Å². The van der Waals surface area contributed by atoms with Crippen LogP contribution in [0.25, 0.3) is 0 Å². The highest BCUT2D eigenvalue weighted by Gasteiger charge is 2.13. The Morgan fingerprint density at radius 3 is 2.55 bits per heavy atom. The predicted molar refractivity (Wildman–Crippen MR) is 92.9 cm³/mol. The number of hydrogen-bond acceptors (Lipinski definition) is 1. The number of carbonyl (C=O) groups is 1. The van der Waals surface area contributed by atoms with Crippen molar-refractivity contribution in [1.29, 1.82) is 0 Å². The molecule has 2 N–H and O–H groups in total. The molecule has 2 rings (SSSR count). The Hall–Kier alpha value is -1.71. The molecule has 3 nitrogen and oxygen atoms in total. The van der Waals surface area contributed by atoms with E-state index in [-0.39, 0.29) is 12.1 Å². The minimum absolute atomic E-state index is 0.227. The van der Waals surface area contributed by atoms with Crippen molar-refractivity contribution < 1.29 is 4.79 Å². The van der Waals surface area contributed by atoms with E-state index in [4.69, 9.17) is 23.2 Å². The van der Waals surface area contributed by atoms with Crippen molar-refractivity contribution in [1.82, 2.24) is 5.32 Å². The van der Waals surface area contributed by atoms with E-state index in [0.717, 1.165) is 22.4 Å². The molecule has 0 saturated carbocycles. The van der Waals surface area contributed by atoms with Crippen LogP contribution in [0.5, 0.6) is 0 Å². The summed E-state index contributed by atoms with van der Waals surface area (Å²) in [6.45, 7) is 5.86. The standard InChI is InChI=1S/C17H18Cl2N2O/c1-10-5-4-6-16(11(10)2)21-17(22)20-12(3)14-8-7-13(18)9-15(14)19/h4-9,12H,1-3H3,(H2,20,21,22)/t12-/m1/s1. The normalized spacial score (nSPS) is 11.9. The van der Waals surface area contributed by atoms with E-state index in [9.17, 15) is 4.79 Å². The van der Waals surface area contributed by atoms with Crippen LogP contribution in [0.3, 0.4) is 0 Å². The van der Waals surface area contributed by atoms with Crippen molar-refractivity contribution in [3.63, 3.8) is 0 Å². The predicted octanol–water partition coefficient (Wildman–Crippen LogP) is 5.49. The number of hydrogen-bond donors (Lipinski definition) is 2. The van der Waals surface area contributed by atoms with Crippen LogP contribution in [-0.2, 0) is 0 Å². The van der Waals surface area contributed by atoms with Gasteiger partial charge < -0.3 is 10.6 Å². The van der Waals surface area contributed by atoms with Gasteiger partial charge in [-0.3, -0.25) is 0 Å². The molecule has 2 amide bonds. The topological polar surface area (TPSA) is 41.1 Å². The second-order valence-electron chi connectivity index (χ2n) is 5.23. The van der Waals surface area contributed by atoms with Crippen molar-refractivity contribution in [2.75, 3.05) is 5.32 Å². The number of benzene rings is 2. The maximum absolute atomic E-state index is 12.1. The molecule has 22 heavy (non-hydrogen) atoms. The monoisotopic (exact) mass is 336 g/mol. The van der Waals surface area contributed by atoms with E-state index in [1.807, 2.05) is 45.0 Å². The lowest BCUT2D eigenvalue weighted by atomic mass is 10.1. The molecule has 0 unspecified atom stereocenters. The number of aryl methyl sites for hydroxylation is 1. The molecular weight excluding hydrogens is 319 g/mol. The molecule has 0 heterocycles. The van der Waals surface area contributed by atoms with E-state index >= 15 is 0 Å². The molecule has 1 atom stereocenters. The highest BCUT2D eigenvalue weighted by atomic mass is 35.5. The maximum atomic E-state index is 12.1. The van der Waals surface area contributed by atoms with Crippen LogP contribution in [0, 0.1) is 13.8 Å². The van der Waals surface area contributed by atoms with Gasteiger partial charge in [-0.05, 0) is 55.7 Å². The second-order valence-corrected chi connectivity index (χ2v) is 6.08. The first kappa shape index (κ1) is 16.7. The first-order valence-corrected chi connectivity index (χ1v) is 7.72. The Labute approximate surface area is 140 Å². The van der Waals surface area contributed by atoms with Gasteiger partial charge in [0.15, 0.2) is 0 Å². The molecular formula is C17H18Cl2N2O. The molecule has 0 aromatic heterocycles. The summed E-state index contributed by atoms with van der Waals surface area (Å²) in [6.07, 6.45) is 0. The summed E-state index contributed by atoms with van der Waals surface area (Å²) < 4.78 is 0. The van der Waals surface area contributed by atoms with Crippen LogP contribution in [0.15, 0.2) is 36.4 Å². The van der Waals surface area contributed by atoms with Gasteiger partial charge in [0.05, 0.1) is 6.04 Å². The first-order valence-electron chi connectivity index (χ1n) is 6.97. The summed E-state index contributed by atoms with van der Waals surface area (Å²) in [5, 5.41) is 6.84. The van der Waals surface area contributed by atoms with Crippen molar-refractivity contribution in [2.24, 2.45) is 0 Å². The van der Waals surface area contributed by atoms with E-state index in [0.29, 0.717) is 10.0 Å². The van der Waals surface area contributed by atoms with Gasteiger partial charge in [-0.2, -0.15) is 0 Å². The van der Waals surface area contributed by atoms with Crippen molar-refractivity contribution in [3.8, 4) is 0 Å². The quantitative estimate of drug-likeness (QED) is 0.764. The summed E-state index contributed by atoms with van der Waals surface area (Å²) >= 11 is 12.0. The third kappa shape index (κ3) is 3.93. The Balaban J connectivity index is 2.07. The average Bonchev–Trinajstić information content (AvgIpc) is 2.43. The fraction of sp³-hybridized carbons (Fsp3) is 0.235. The Bertz CT molecular complexity index is 701. The Morgan fingerprint density at radius 1 is 1.14 bits per heavy atom. The molecule has 0 aliphatic carbocycles. The molecule has 0 saturated heterocycles. The smallest absolute Gasteiger partial charge is 0.319 e. The molecule has 5 heteroatoms. The maximum Gasteiger partial charge on any atom is 0.319 e. The number of anilines is 1. The number of carbonyl (C=O) groups excluding carboxylic acids is 1. The molecule has 0 fully saturated rings. The lowest BCUT2D eigenvalue weighted by Gasteiger charge is -2.17. The van der Waals surface area contributed by atoms with Crippen molar-refractivity contribution >= 4 is 34.9 Å². The minimum atomic E-state index is -0.271. The summed E-state index contributed by atoms with van der Waals surface area (Å²) in [6, 6.07) is 10.5. The van der Waals surface area contributed by atoms with Crippen LogP contribution in [0.2, 0.25) is 10.0 Å². The number of urea groups is 1. The van der Waals surface area contributed by atoms with Gasteiger partial charge in [-0.25, -0.2) is 4.79 Å². The number of halogens is 2. The largest absolute Gasteiger partial charge is 0.331 e. The van der Waals surface area contributed by atoms with E-state index in [2.05, 4.69) is 10.6 Å². The van der Waals surface area contributed by atoms with Gasteiger partial charge in [0.2, 0.25) is 0 Å². The first-order chi connectivity index (χ1) is 10.4.